The number of halogens is 1. The van der Waals surface area contributed by atoms with E-state index in [1.807, 2.05) is 29.2 Å². The molecular formula is C28H39ClN6O2. The van der Waals surface area contributed by atoms with Crippen molar-refractivity contribution in [1.29, 1.82) is 0 Å². The summed E-state index contributed by atoms with van der Waals surface area (Å²) in [5, 5.41) is 11.1. The van der Waals surface area contributed by atoms with Crippen molar-refractivity contribution in [3.05, 3.63) is 52.4 Å². The van der Waals surface area contributed by atoms with Crippen LogP contribution >= 0.6 is 11.6 Å². The van der Waals surface area contributed by atoms with Gasteiger partial charge in [-0.15, -0.1) is 0 Å². The number of aliphatic hydroxyl groups excluding tert-OH is 1. The highest BCUT2D eigenvalue weighted by Gasteiger charge is 2.35. The first-order valence-electron chi connectivity index (χ1n) is 13.5. The lowest BCUT2D eigenvalue weighted by molar-refractivity contribution is -0.133. The number of piperidine rings is 1. The minimum absolute atomic E-state index is 0.188. The highest BCUT2D eigenvalue weighted by Crippen LogP contribution is 2.42. The molecule has 2 aromatic rings. The molecule has 1 aliphatic carbocycles. The third-order valence-electron chi connectivity index (χ3n) is 8.47. The van der Waals surface area contributed by atoms with Crippen LogP contribution in [0.2, 0.25) is 5.02 Å². The molecule has 8 nitrogen and oxygen atoms in total. The van der Waals surface area contributed by atoms with E-state index in [0.717, 1.165) is 68.2 Å². The first-order valence-corrected chi connectivity index (χ1v) is 13.9. The molecule has 1 N–H and O–H groups in total. The molecule has 1 aromatic carbocycles. The van der Waals surface area contributed by atoms with E-state index in [2.05, 4.69) is 45.7 Å². The molecule has 2 fully saturated rings. The number of nitrogens with zero attached hydrogens (tertiary/aromatic N) is 6. The molecule has 3 heterocycles. The first kappa shape index (κ1) is 26.4. The fraction of sp³-hybridized carbons (Fsp3) is 0.607. The lowest BCUT2D eigenvalue weighted by atomic mass is 9.94. The molecule has 0 spiro atoms. The zero-order valence-corrected chi connectivity index (χ0v) is 22.9. The van der Waals surface area contributed by atoms with Crippen LogP contribution in [-0.4, -0.2) is 102 Å². The highest BCUT2D eigenvalue weighted by molar-refractivity contribution is 6.30. The molecule has 1 aromatic heterocycles. The normalized spacial score (nSPS) is 23.9. The van der Waals surface area contributed by atoms with Crippen molar-refractivity contribution in [2.75, 3.05) is 64.8 Å². The van der Waals surface area contributed by atoms with Crippen LogP contribution in [0.5, 0.6) is 0 Å². The van der Waals surface area contributed by atoms with Gasteiger partial charge in [-0.05, 0) is 70.1 Å². The molecule has 37 heavy (non-hydrogen) atoms. The van der Waals surface area contributed by atoms with Crippen molar-refractivity contribution < 1.29 is 9.90 Å². The second-order valence-electron chi connectivity index (χ2n) is 11.1. The average Bonchev–Trinajstić information content (AvgIpc) is 3.21. The van der Waals surface area contributed by atoms with Crippen LogP contribution in [0.3, 0.4) is 0 Å². The summed E-state index contributed by atoms with van der Waals surface area (Å²) in [6, 6.07) is 8.40. The van der Waals surface area contributed by atoms with Crippen LogP contribution < -0.4 is 4.90 Å². The van der Waals surface area contributed by atoms with E-state index in [1.165, 1.54) is 0 Å². The number of carbonyl (C=O) groups excluding carboxylic acids is 1. The Labute approximate surface area is 225 Å². The zero-order valence-electron chi connectivity index (χ0n) is 22.2. The predicted octanol–water partition coefficient (Wildman–Crippen LogP) is 3.13. The van der Waals surface area contributed by atoms with Crippen molar-refractivity contribution >= 4 is 23.3 Å². The molecule has 9 heteroatoms. The number of rotatable bonds is 6. The van der Waals surface area contributed by atoms with Gasteiger partial charge in [0.05, 0.1) is 17.7 Å². The molecule has 0 saturated carbocycles. The number of aromatic nitrogens is 2. The second-order valence-corrected chi connectivity index (χ2v) is 11.5. The van der Waals surface area contributed by atoms with Crippen molar-refractivity contribution in [3.8, 4) is 0 Å². The number of hydrogen-bond donors (Lipinski definition) is 1. The van der Waals surface area contributed by atoms with Gasteiger partial charge in [0.15, 0.2) is 0 Å². The monoisotopic (exact) mass is 526 g/mol. The minimum atomic E-state index is -0.516. The van der Waals surface area contributed by atoms with Gasteiger partial charge in [-0.1, -0.05) is 30.7 Å². The van der Waals surface area contributed by atoms with Gasteiger partial charge < -0.3 is 24.7 Å². The lowest BCUT2D eigenvalue weighted by Gasteiger charge is -2.40. The summed E-state index contributed by atoms with van der Waals surface area (Å²) >= 11 is 6.17. The standard InChI is InChI=1S/C28H39ClN6O2/c1-19-16-24(36)26-25(19)27(31-18-30-26)34-12-14-35(15-13-34)28(37)23(20-4-6-21(29)7-5-20)17-33-10-8-22(9-11-33)32(2)3/h4-7,18-19,22-24,36H,8-17H2,1-3H3/t19-,23+,24-/m1/s1. The van der Waals surface area contributed by atoms with Gasteiger partial charge >= 0.3 is 0 Å². The molecule has 3 atom stereocenters. The van der Waals surface area contributed by atoms with E-state index in [4.69, 9.17) is 11.6 Å². The summed E-state index contributed by atoms with van der Waals surface area (Å²) in [4.78, 5) is 31.9. The molecule has 0 bridgehead atoms. The Morgan fingerprint density at radius 1 is 1.08 bits per heavy atom. The Bertz CT molecular complexity index is 1080. The summed E-state index contributed by atoms with van der Waals surface area (Å²) < 4.78 is 0. The van der Waals surface area contributed by atoms with Crippen molar-refractivity contribution in [2.45, 2.75) is 50.2 Å². The second kappa shape index (κ2) is 11.2. The third-order valence-corrected chi connectivity index (χ3v) is 8.72. The van der Waals surface area contributed by atoms with Crippen LogP contribution in [0.25, 0.3) is 0 Å². The number of hydrogen-bond acceptors (Lipinski definition) is 7. The fourth-order valence-electron chi connectivity index (χ4n) is 6.21. The minimum Gasteiger partial charge on any atom is -0.387 e. The van der Waals surface area contributed by atoms with Crippen LogP contribution in [0, 0.1) is 0 Å². The van der Waals surface area contributed by atoms with E-state index in [1.54, 1.807) is 6.33 Å². The van der Waals surface area contributed by atoms with E-state index in [0.29, 0.717) is 30.6 Å². The zero-order chi connectivity index (χ0) is 26.1. The number of aliphatic hydroxyl groups is 1. The Balaban J connectivity index is 1.28. The summed E-state index contributed by atoms with van der Waals surface area (Å²) in [6.45, 7) is 7.63. The van der Waals surface area contributed by atoms with Crippen molar-refractivity contribution in [1.82, 2.24) is 24.7 Å². The topological polar surface area (TPSA) is 76.0 Å². The number of fused-ring (bicyclic) bond motifs is 1. The maximum Gasteiger partial charge on any atom is 0.231 e. The van der Waals surface area contributed by atoms with Crippen LogP contribution in [0.4, 0.5) is 5.82 Å². The lowest BCUT2D eigenvalue weighted by Crippen LogP contribution is -2.52. The average molecular weight is 527 g/mol. The molecule has 2 aliphatic heterocycles. The molecule has 0 radical (unpaired) electrons. The van der Waals surface area contributed by atoms with Gasteiger partial charge in [-0.25, -0.2) is 9.97 Å². The molecule has 2 saturated heterocycles. The van der Waals surface area contributed by atoms with Crippen molar-refractivity contribution in [3.63, 3.8) is 0 Å². The molecule has 0 unspecified atom stereocenters. The molecule has 1 amide bonds. The van der Waals surface area contributed by atoms with Gasteiger partial charge in [0.1, 0.15) is 12.1 Å². The van der Waals surface area contributed by atoms with Gasteiger partial charge in [-0.3, -0.25) is 4.79 Å². The molecule has 5 rings (SSSR count). The maximum absolute atomic E-state index is 13.9. The number of amides is 1. The van der Waals surface area contributed by atoms with Crippen LogP contribution in [-0.2, 0) is 4.79 Å². The van der Waals surface area contributed by atoms with Crippen LogP contribution in [0.15, 0.2) is 30.6 Å². The molecule has 200 valence electrons. The van der Waals surface area contributed by atoms with Gasteiger partial charge in [0.2, 0.25) is 5.91 Å². The Morgan fingerprint density at radius 2 is 1.76 bits per heavy atom. The smallest absolute Gasteiger partial charge is 0.231 e. The molecule has 3 aliphatic rings. The largest absolute Gasteiger partial charge is 0.387 e. The molecular weight excluding hydrogens is 488 g/mol. The van der Waals surface area contributed by atoms with Gasteiger partial charge in [0.25, 0.3) is 0 Å². The summed E-state index contributed by atoms with van der Waals surface area (Å²) in [5.74, 6) is 1.12. The number of piperazine rings is 1. The van der Waals surface area contributed by atoms with Crippen LogP contribution in [0.1, 0.15) is 60.9 Å². The number of carbonyl (C=O) groups is 1. The summed E-state index contributed by atoms with van der Waals surface area (Å²) in [7, 11) is 4.30. The van der Waals surface area contributed by atoms with E-state index < -0.39 is 6.10 Å². The highest BCUT2D eigenvalue weighted by atomic mass is 35.5. The number of benzene rings is 1. The van der Waals surface area contributed by atoms with Gasteiger partial charge in [0, 0.05) is 49.4 Å². The number of anilines is 1. The maximum atomic E-state index is 13.9. The van der Waals surface area contributed by atoms with E-state index >= 15 is 0 Å². The third kappa shape index (κ3) is 5.62. The van der Waals surface area contributed by atoms with Gasteiger partial charge in [-0.2, -0.15) is 0 Å². The SMILES string of the molecule is C[C@@H]1C[C@@H](O)c2ncnc(N3CCN(C(=O)[C@@H](CN4CCC(N(C)C)CC4)c4ccc(Cl)cc4)CC3)c21. The fourth-order valence-corrected chi connectivity index (χ4v) is 6.34. The Morgan fingerprint density at radius 3 is 2.41 bits per heavy atom. The Hall–Kier alpha value is -2.26. The summed E-state index contributed by atoms with van der Waals surface area (Å²) in [5.41, 5.74) is 2.86. The summed E-state index contributed by atoms with van der Waals surface area (Å²) in [6.07, 6.45) is 3.99. The Kier molecular flexibility index (Phi) is 8.00. The van der Waals surface area contributed by atoms with E-state index in [-0.39, 0.29) is 17.7 Å². The quantitative estimate of drug-likeness (QED) is 0.619. The number of likely N-dealkylation sites (tertiary alicyclic amines) is 1. The first-order chi connectivity index (χ1) is 17.8. The van der Waals surface area contributed by atoms with E-state index in [9.17, 15) is 9.90 Å². The van der Waals surface area contributed by atoms with Crippen molar-refractivity contribution in [2.24, 2.45) is 0 Å². The predicted molar refractivity (Wildman–Crippen MR) is 146 cm³/mol.